The number of halogens is 1. The largest absolute Gasteiger partial charge is 0.478 e. The first-order valence-corrected chi connectivity index (χ1v) is 9.85. The summed E-state index contributed by atoms with van der Waals surface area (Å²) in [4.78, 5) is 11.1. The minimum Gasteiger partial charge on any atom is -0.478 e. The Bertz CT molecular complexity index is 1090. The third-order valence-electron chi connectivity index (χ3n) is 4.06. The lowest BCUT2D eigenvalue weighted by Crippen LogP contribution is -2.12. The molecule has 0 saturated heterocycles. The summed E-state index contributed by atoms with van der Waals surface area (Å²) in [7, 11) is -3.75. The van der Waals surface area contributed by atoms with Crippen LogP contribution in [0.3, 0.4) is 0 Å². The SMILES string of the molecule is Cc1ccc(NS(=O)(=O)c2ccc(Cl)cc2)cc1-c1ccc(C(=O)O)cc1. The van der Waals surface area contributed by atoms with Crippen LogP contribution in [0.5, 0.6) is 0 Å². The van der Waals surface area contributed by atoms with E-state index >= 15 is 0 Å². The number of aromatic carboxylic acids is 1. The van der Waals surface area contributed by atoms with Crippen LogP contribution < -0.4 is 4.72 Å². The predicted octanol–water partition coefficient (Wildman–Crippen LogP) is 4.81. The van der Waals surface area contributed by atoms with Crippen LogP contribution >= 0.6 is 11.6 Å². The molecule has 0 atom stereocenters. The van der Waals surface area contributed by atoms with Crippen LogP contribution in [-0.2, 0) is 10.0 Å². The Morgan fingerprint density at radius 3 is 2.19 bits per heavy atom. The molecule has 0 saturated carbocycles. The highest BCUT2D eigenvalue weighted by Gasteiger charge is 2.15. The second-order valence-electron chi connectivity index (χ2n) is 5.97. The second kappa shape index (κ2) is 7.42. The Hall–Kier alpha value is -2.83. The maximum Gasteiger partial charge on any atom is 0.335 e. The lowest BCUT2D eigenvalue weighted by Gasteiger charge is -2.12. The molecule has 3 aromatic rings. The van der Waals surface area contributed by atoms with Crippen molar-refractivity contribution < 1.29 is 18.3 Å². The third kappa shape index (κ3) is 4.30. The van der Waals surface area contributed by atoms with E-state index in [9.17, 15) is 13.2 Å². The van der Waals surface area contributed by atoms with Gasteiger partial charge < -0.3 is 5.11 Å². The standard InChI is InChI=1S/C20H16ClNO4S/c1-13-2-9-17(22-27(25,26)18-10-7-16(21)8-11-18)12-19(13)14-3-5-15(6-4-14)20(23)24/h2-12,22H,1H3,(H,23,24). The Morgan fingerprint density at radius 2 is 1.59 bits per heavy atom. The van der Waals surface area contributed by atoms with Gasteiger partial charge in [0.25, 0.3) is 10.0 Å². The molecular formula is C20H16ClNO4S. The minimum absolute atomic E-state index is 0.111. The molecule has 27 heavy (non-hydrogen) atoms. The molecule has 2 N–H and O–H groups in total. The van der Waals surface area contributed by atoms with Gasteiger partial charge in [0.1, 0.15) is 0 Å². The fraction of sp³-hybridized carbons (Fsp3) is 0.0500. The van der Waals surface area contributed by atoms with Crippen molar-refractivity contribution in [2.75, 3.05) is 4.72 Å². The van der Waals surface area contributed by atoms with Crippen LogP contribution in [0, 0.1) is 6.92 Å². The summed E-state index contributed by atoms with van der Waals surface area (Å²) in [5.74, 6) is -0.997. The molecule has 0 heterocycles. The minimum atomic E-state index is -3.75. The monoisotopic (exact) mass is 401 g/mol. The molecule has 7 heteroatoms. The number of nitrogens with one attached hydrogen (secondary N) is 1. The number of rotatable bonds is 5. The maximum absolute atomic E-state index is 12.5. The van der Waals surface area contributed by atoms with Gasteiger partial charge in [-0.1, -0.05) is 29.8 Å². The molecule has 0 unspecified atom stereocenters. The van der Waals surface area contributed by atoms with Crippen LogP contribution in [0.25, 0.3) is 11.1 Å². The van der Waals surface area contributed by atoms with E-state index in [4.69, 9.17) is 16.7 Å². The van der Waals surface area contributed by atoms with Crippen molar-refractivity contribution in [3.8, 4) is 11.1 Å². The van der Waals surface area contributed by atoms with Gasteiger partial charge in [-0.15, -0.1) is 0 Å². The topological polar surface area (TPSA) is 83.5 Å². The van der Waals surface area contributed by atoms with Gasteiger partial charge in [0.2, 0.25) is 0 Å². The molecule has 3 rings (SSSR count). The number of carboxylic acid groups (broad SMARTS) is 1. The molecule has 0 aromatic heterocycles. The predicted molar refractivity (Wildman–Crippen MR) is 106 cm³/mol. The van der Waals surface area contributed by atoms with Crippen LogP contribution in [0.1, 0.15) is 15.9 Å². The van der Waals surface area contributed by atoms with Crippen LogP contribution in [0.15, 0.2) is 71.6 Å². The number of carbonyl (C=O) groups is 1. The number of hydrogen-bond donors (Lipinski definition) is 2. The molecule has 0 aliphatic carbocycles. The second-order valence-corrected chi connectivity index (χ2v) is 8.09. The molecule has 0 fully saturated rings. The molecule has 138 valence electrons. The average Bonchev–Trinajstić information content (AvgIpc) is 2.63. The maximum atomic E-state index is 12.5. The highest BCUT2D eigenvalue weighted by Crippen LogP contribution is 2.28. The van der Waals surface area contributed by atoms with Gasteiger partial charge in [0, 0.05) is 10.7 Å². The number of carboxylic acids is 1. The van der Waals surface area contributed by atoms with Crippen molar-refractivity contribution in [2.24, 2.45) is 0 Å². The van der Waals surface area contributed by atoms with E-state index in [1.165, 1.54) is 36.4 Å². The molecule has 5 nitrogen and oxygen atoms in total. The van der Waals surface area contributed by atoms with Gasteiger partial charge >= 0.3 is 5.97 Å². The molecule has 3 aromatic carbocycles. The number of aryl methyl sites for hydroxylation is 1. The van der Waals surface area contributed by atoms with Crippen molar-refractivity contribution in [3.05, 3.63) is 82.9 Å². The van der Waals surface area contributed by atoms with E-state index in [1.807, 2.05) is 6.92 Å². The quantitative estimate of drug-likeness (QED) is 0.642. The van der Waals surface area contributed by atoms with Crippen molar-refractivity contribution in [1.82, 2.24) is 0 Å². The summed E-state index contributed by atoms with van der Waals surface area (Å²) in [5, 5.41) is 9.47. The van der Waals surface area contributed by atoms with Crippen LogP contribution in [0.4, 0.5) is 5.69 Å². The van der Waals surface area contributed by atoms with Crippen LogP contribution in [0.2, 0.25) is 5.02 Å². The zero-order valence-electron chi connectivity index (χ0n) is 14.3. The molecule has 0 aliphatic rings. The van der Waals surface area contributed by atoms with E-state index in [0.717, 1.165) is 16.7 Å². The van der Waals surface area contributed by atoms with Crippen molar-refractivity contribution in [3.63, 3.8) is 0 Å². The normalized spacial score (nSPS) is 11.2. The highest BCUT2D eigenvalue weighted by atomic mass is 35.5. The van der Waals surface area contributed by atoms with Gasteiger partial charge in [-0.25, -0.2) is 13.2 Å². The first-order chi connectivity index (χ1) is 12.8. The molecule has 0 bridgehead atoms. The van der Waals surface area contributed by atoms with E-state index in [1.54, 1.807) is 30.3 Å². The first-order valence-electron chi connectivity index (χ1n) is 7.99. The number of sulfonamides is 1. The van der Waals surface area contributed by atoms with E-state index < -0.39 is 16.0 Å². The fourth-order valence-electron chi connectivity index (χ4n) is 2.62. The summed E-state index contributed by atoms with van der Waals surface area (Å²) in [6.45, 7) is 1.90. The lowest BCUT2D eigenvalue weighted by atomic mass is 9.99. The Kier molecular flexibility index (Phi) is 5.21. The van der Waals surface area contributed by atoms with E-state index in [2.05, 4.69) is 4.72 Å². The van der Waals surface area contributed by atoms with Gasteiger partial charge in [0.05, 0.1) is 10.5 Å². The van der Waals surface area contributed by atoms with Gasteiger partial charge in [0.15, 0.2) is 0 Å². The Labute approximate surface area is 162 Å². The van der Waals surface area contributed by atoms with Gasteiger partial charge in [-0.3, -0.25) is 4.72 Å². The summed E-state index contributed by atoms with van der Waals surface area (Å²) in [6.07, 6.45) is 0. The van der Waals surface area contributed by atoms with E-state index in [0.29, 0.717) is 10.7 Å². The summed E-state index contributed by atoms with van der Waals surface area (Å²) in [5.41, 5.74) is 3.14. The molecule has 0 radical (unpaired) electrons. The van der Waals surface area contributed by atoms with Gasteiger partial charge in [-0.05, 0) is 72.1 Å². The first kappa shape index (κ1) is 18.9. The van der Waals surface area contributed by atoms with Gasteiger partial charge in [-0.2, -0.15) is 0 Å². The summed E-state index contributed by atoms with van der Waals surface area (Å²) >= 11 is 5.81. The summed E-state index contributed by atoms with van der Waals surface area (Å²) in [6, 6.07) is 17.5. The lowest BCUT2D eigenvalue weighted by molar-refractivity contribution is 0.0697. The number of hydrogen-bond acceptors (Lipinski definition) is 3. The third-order valence-corrected chi connectivity index (χ3v) is 5.71. The molecule has 0 spiro atoms. The molecule has 0 aliphatic heterocycles. The van der Waals surface area contributed by atoms with Crippen molar-refractivity contribution >= 4 is 33.3 Å². The number of anilines is 1. The molecular weight excluding hydrogens is 386 g/mol. The van der Waals surface area contributed by atoms with E-state index in [-0.39, 0.29) is 10.5 Å². The summed E-state index contributed by atoms with van der Waals surface area (Å²) < 4.78 is 27.6. The van der Waals surface area contributed by atoms with Crippen molar-refractivity contribution in [2.45, 2.75) is 11.8 Å². The van der Waals surface area contributed by atoms with Crippen LogP contribution in [-0.4, -0.2) is 19.5 Å². The highest BCUT2D eigenvalue weighted by molar-refractivity contribution is 7.92. The zero-order valence-corrected chi connectivity index (χ0v) is 15.9. The van der Waals surface area contributed by atoms with Crippen molar-refractivity contribution in [1.29, 1.82) is 0 Å². The Balaban J connectivity index is 1.93. The average molecular weight is 402 g/mol. The fourth-order valence-corrected chi connectivity index (χ4v) is 3.79. The molecule has 0 amide bonds. The zero-order chi connectivity index (χ0) is 19.6. The smallest absolute Gasteiger partial charge is 0.335 e. The Morgan fingerprint density at radius 1 is 0.963 bits per heavy atom. The number of benzene rings is 3.